The van der Waals surface area contributed by atoms with Gasteiger partial charge in [-0.05, 0) is 84.1 Å². The second-order valence-electron chi connectivity index (χ2n) is 9.05. The average Bonchev–Trinajstić information content (AvgIpc) is 2.91. The summed E-state index contributed by atoms with van der Waals surface area (Å²) in [7, 11) is 0. The molecule has 1 aromatic carbocycles. The third kappa shape index (κ3) is 6.46. The lowest BCUT2D eigenvalue weighted by Crippen LogP contribution is -2.23. The zero-order valence-corrected chi connectivity index (χ0v) is 20.5. The van der Waals surface area contributed by atoms with Crippen LogP contribution in [0.25, 0.3) is 11.4 Å². The SMILES string of the molecule is Cc1ccnc(-c2cc(Cc3ccc(CN(Cc4ccccn4)Cc4ccccn4)cc3)ccn2)c1. The predicted molar refractivity (Wildman–Crippen MR) is 143 cm³/mol. The van der Waals surface area contributed by atoms with Crippen LogP contribution in [0.2, 0.25) is 0 Å². The normalized spacial score (nSPS) is 11.1. The highest BCUT2D eigenvalue weighted by atomic mass is 15.1. The van der Waals surface area contributed by atoms with Crippen LogP contribution in [-0.2, 0) is 26.1 Å². The van der Waals surface area contributed by atoms with E-state index in [1.165, 1.54) is 22.3 Å². The van der Waals surface area contributed by atoms with Crippen molar-refractivity contribution in [3.8, 4) is 11.4 Å². The molecule has 0 radical (unpaired) electrons. The van der Waals surface area contributed by atoms with Gasteiger partial charge >= 0.3 is 0 Å². The Bertz CT molecular complexity index is 1340. The van der Waals surface area contributed by atoms with Gasteiger partial charge in [0.2, 0.25) is 0 Å². The second-order valence-corrected chi connectivity index (χ2v) is 9.05. The van der Waals surface area contributed by atoms with E-state index >= 15 is 0 Å². The van der Waals surface area contributed by atoms with Gasteiger partial charge in [-0.1, -0.05) is 36.4 Å². The Morgan fingerprint density at radius 2 is 1.14 bits per heavy atom. The summed E-state index contributed by atoms with van der Waals surface area (Å²) in [5.74, 6) is 0. The zero-order valence-electron chi connectivity index (χ0n) is 20.5. The molecule has 4 heterocycles. The largest absolute Gasteiger partial charge is 0.287 e. The van der Waals surface area contributed by atoms with Crippen LogP contribution >= 0.6 is 0 Å². The van der Waals surface area contributed by atoms with Crippen LogP contribution in [0, 0.1) is 6.92 Å². The van der Waals surface area contributed by atoms with Crippen LogP contribution in [0.4, 0.5) is 0 Å². The van der Waals surface area contributed by atoms with Crippen molar-refractivity contribution in [2.45, 2.75) is 33.0 Å². The molecule has 5 rings (SSSR count). The van der Waals surface area contributed by atoms with Crippen LogP contribution < -0.4 is 0 Å². The average molecular weight is 472 g/mol. The maximum atomic E-state index is 4.53. The van der Waals surface area contributed by atoms with Gasteiger partial charge in [-0.15, -0.1) is 0 Å². The number of hydrogen-bond acceptors (Lipinski definition) is 5. The molecule has 0 aliphatic heterocycles. The summed E-state index contributed by atoms with van der Waals surface area (Å²) < 4.78 is 0. The van der Waals surface area contributed by atoms with Gasteiger partial charge in [0, 0.05) is 44.4 Å². The maximum absolute atomic E-state index is 4.53. The van der Waals surface area contributed by atoms with Gasteiger partial charge in [0.25, 0.3) is 0 Å². The van der Waals surface area contributed by atoms with Crippen LogP contribution in [-0.4, -0.2) is 24.8 Å². The molecule has 0 spiro atoms. The minimum atomic E-state index is 0.770. The van der Waals surface area contributed by atoms with Crippen molar-refractivity contribution in [2.24, 2.45) is 0 Å². The smallest absolute Gasteiger partial charge is 0.0889 e. The van der Waals surface area contributed by atoms with E-state index in [4.69, 9.17) is 0 Å². The lowest BCUT2D eigenvalue weighted by atomic mass is 10.0. The van der Waals surface area contributed by atoms with Gasteiger partial charge in [-0.3, -0.25) is 24.8 Å². The molecule has 5 nitrogen and oxygen atoms in total. The Kier molecular flexibility index (Phi) is 7.49. The quantitative estimate of drug-likeness (QED) is 0.262. The summed E-state index contributed by atoms with van der Waals surface area (Å²) in [4.78, 5) is 20.4. The predicted octanol–water partition coefficient (Wildman–Crippen LogP) is 6.04. The van der Waals surface area contributed by atoms with Crippen molar-refractivity contribution in [3.63, 3.8) is 0 Å². The molecule has 0 amide bonds. The molecule has 0 saturated carbocycles. The van der Waals surface area contributed by atoms with Crippen molar-refractivity contribution in [2.75, 3.05) is 0 Å². The number of nitrogens with zero attached hydrogens (tertiary/aromatic N) is 5. The molecule has 0 aliphatic rings. The molecule has 178 valence electrons. The molecular formula is C31H29N5. The van der Waals surface area contributed by atoms with E-state index in [0.717, 1.165) is 48.8 Å². The molecule has 0 fully saturated rings. The fraction of sp³-hybridized carbons (Fsp3) is 0.161. The molecule has 0 bridgehead atoms. The summed E-state index contributed by atoms with van der Waals surface area (Å²) in [6.07, 6.45) is 8.26. The number of pyridine rings is 4. The first-order valence-corrected chi connectivity index (χ1v) is 12.2. The molecule has 5 aromatic rings. The van der Waals surface area contributed by atoms with Gasteiger partial charge < -0.3 is 0 Å². The van der Waals surface area contributed by atoms with Gasteiger partial charge in [0.05, 0.1) is 22.8 Å². The fourth-order valence-electron chi connectivity index (χ4n) is 4.27. The number of rotatable bonds is 9. The fourth-order valence-corrected chi connectivity index (χ4v) is 4.27. The molecule has 0 saturated heterocycles. The Morgan fingerprint density at radius 3 is 1.75 bits per heavy atom. The lowest BCUT2D eigenvalue weighted by Gasteiger charge is -2.22. The molecule has 0 aliphatic carbocycles. The van der Waals surface area contributed by atoms with E-state index in [2.05, 4.69) is 86.4 Å². The van der Waals surface area contributed by atoms with E-state index in [1.54, 1.807) is 0 Å². The first kappa shape index (κ1) is 23.5. The first-order chi connectivity index (χ1) is 17.7. The third-order valence-corrected chi connectivity index (χ3v) is 6.06. The number of hydrogen-bond donors (Lipinski definition) is 0. The molecule has 36 heavy (non-hydrogen) atoms. The molecule has 5 heteroatoms. The van der Waals surface area contributed by atoms with Gasteiger partial charge in [-0.25, -0.2) is 0 Å². The lowest BCUT2D eigenvalue weighted by molar-refractivity contribution is 0.241. The zero-order chi connectivity index (χ0) is 24.6. The number of aryl methyl sites for hydroxylation is 1. The molecule has 0 unspecified atom stereocenters. The highest BCUT2D eigenvalue weighted by Crippen LogP contribution is 2.19. The maximum Gasteiger partial charge on any atom is 0.0889 e. The standard InChI is InChI=1S/C31H29N5/c1-24-12-16-34-30(18-24)31-20-27(13-17-35-31)19-25-8-10-26(11-9-25)21-36(22-28-6-2-4-14-32-28)23-29-7-3-5-15-33-29/h2-18,20H,19,21-23H2,1H3. The van der Waals surface area contributed by atoms with Crippen molar-refractivity contribution in [1.29, 1.82) is 0 Å². The Morgan fingerprint density at radius 1 is 0.528 bits per heavy atom. The van der Waals surface area contributed by atoms with E-state index in [1.807, 2.05) is 55.1 Å². The van der Waals surface area contributed by atoms with Gasteiger partial charge in [-0.2, -0.15) is 0 Å². The minimum absolute atomic E-state index is 0.770. The molecule has 0 atom stereocenters. The highest BCUT2D eigenvalue weighted by molar-refractivity contribution is 5.55. The number of benzene rings is 1. The van der Waals surface area contributed by atoms with E-state index in [0.29, 0.717) is 0 Å². The van der Waals surface area contributed by atoms with Crippen molar-refractivity contribution < 1.29 is 0 Å². The van der Waals surface area contributed by atoms with Gasteiger partial charge in [0.1, 0.15) is 0 Å². The summed E-state index contributed by atoms with van der Waals surface area (Å²) in [5, 5.41) is 0. The van der Waals surface area contributed by atoms with Crippen LogP contribution in [0.5, 0.6) is 0 Å². The summed E-state index contributed by atoms with van der Waals surface area (Å²) >= 11 is 0. The highest BCUT2D eigenvalue weighted by Gasteiger charge is 2.10. The Balaban J connectivity index is 1.28. The summed E-state index contributed by atoms with van der Waals surface area (Å²) in [6.45, 7) is 4.44. The Hall–Kier alpha value is -4.22. The van der Waals surface area contributed by atoms with Crippen LogP contribution in [0.1, 0.15) is 33.6 Å². The molecule has 0 N–H and O–H groups in total. The van der Waals surface area contributed by atoms with Crippen molar-refractivity contribution in [1.82, 2.24) is 24.8 Å². The topological polar surface area (TPSA) is 54.8 Å². The van der Waals surface area contributed by atoms with Gasteiger partial charge in [0.15, 0.2) is 0 Å². The van der Waals surface area contributed by atoms with E-state index < -0.39 is 0 Å². The minimum Gasteiger partial charge on any atom is -0.287 e. The summed E-state index contributed by atoms with van der Waals surface area (Å²) in [5.41, 5.74) is 8.88. The number of aromatic nitrogens is 4. The monoisotopic (exact) mass is 471 g/mol. The third-order valence-electron chi connectivity index (χ3n) is 6.06. The van der Waals surface area contributed by atoms with Crippen molar-refractivity contribution in [3.05, 3.63) is 143 Å². The summed E-state index contributed by atoms with van der Waals surface area (Å²) in [6, 6.07) is 29.3. The molecule has 4 aromatic heterocycles. The van der Waals surface area contributed by atoms with E-state index in [9.17, 15) is 0 Å². The van der Waals surface area contributed by atoms with Crippen LogP contribution in [0.15, 0.2) is 110 Å². The molecular weight excluding hydrogens is 442 g/mol. The first-order valence-electron chi connectivity index (χ1n) is 12.2. The Labute approximate surface area is 212 Å². The second kappa shape index (κ2) is 11.5. The van der Waals surface area contributed by atoms with E-state index in [-0.39, 0.29) is 0 Å². The van der Waals surface area contributed by atoms with Crippen molar-refractivity contribution >= 4 is 0 Å². The van der Waals surface area contributed by atoms with Crippen LogP contribution in [0.3, 0.4) is 0 Å².